The highest BCUT2D eigenvalue weighted by Gasteiger charge is 2.20. The normalized spacial score (nSPS) is 14.5. The van der Waals surface area contributed by atoms with Crippen molar-refractivity contribution in [2.24, 2.45) is 11.8 Å². The molecule has 0 spiro atoms. The molecule has 0 fully saturated rings. The van der Waals surface area contributed by atoms with Crippen LogP contribution in [-0.2, 0) is 13.8 Å². The Hall–Kier alpha value is 0.200. The number of rotatable bonds is 8. The topological polar surface area (TPSA) is 43.4 Å². The first-order valence-electron chi connectivity index (χ1n) is 5.37. The van der Waals surface area contributed by atoms with Crippen molar-refractivity contribution in [3.05, 3.63) is 0 Å². The molecule has 5 heteroatoms. The quantitative estimate of drug-likeness (QED) is 0.495. The standard InChI is InChI=1S/C10H21ClO3S/c1-4-5-6-14-7-10(9(2)3)8-15(11,12)13/h9-10H,4-8H2,1-3H3. The fraction of sp³-hybridized carbons (Fsp3) is 1.00. The summed E-state index contributed by atoms with van der Waals surface area (Å²) in [7, 11) is 1.81. The Morgan fingerprint density at radius 3 is 2.33 bits per heavy atom. The van der Waals surface area contributed by atoms with Gasteiger partial charge in [0.25, 0.3) is 0 Å². The van der Waals surface area contributed by atoms with Gasteiger partial charge in [-0.2, -0.15) is 0 Å². The van der Waals surface area contributed by atoms with Crippen LogP contribution < -0.4 is 0 Å². The third-order valence-electron chi connectivity index (χ3n) is 2.33. The maximum absolute atomic E-state index is 10.9. The third-order valence-corrected chi connectivity index (χ3v) is 3.53. The van der Waals surface area contributed by atoms with Crippen LogP contribution in [-0.4, -0.2) is 27.4 Å². The van der Waals surface area contributed by atoms with E-state index < -0.39 is 9.05 Å². The molecule has 3 nitrogen and oxygen atoms in total. The first-order chi connectivity index (χ1) is 6.87. The Kier molecular flexibility index (Phi) is 7.57. The van der Waals surface area contributed by atoms with Gasteiger partial charge in [0.1, 0.15) is 0 Å². The molecule has 0 N–H and O–H groups in total. The zero-order valence-corrected chi connectivity index (χ0v) is 11.3. The van der Waals surface area contributed by atoms with Crippen LogP contribution in [0.1, 0.15) is 33.6 Å². The van der Waals surface area contributed by atoms with Crippen LogP contribution in [0.5, 0.6) is 0 Å². The van der Waals surface area contributed by atoms with Gasteiger partial charge in [-0.1, -0.05) is 27.2 Å². The van der Waals surface area contributed by atoms with Gasteiger partial charge in [-0.3, -0.25) is 0 Å². The zero-order valence-electron chi connectivity index (χ0n) is 9.70. The van der Waals surface area contributed by atoms with Gasteiger partial charge >= 0.3 is 0 Å². The highest BCUT2D eigenvalue weighted by atomic mass is 35.7. The molecule has 0 saturated carbocycles. The predicted octanol–water partition coefficient (Wildman–Crippen LogP) is 2.64. The minimum Gasteiger partial charge on any atom is -0.381 e. The Labute approximate surface area is 97.6 Å². The van der Waals surface area contributed by atoms with Crippen molar-refractivity contribution >= 4 is 19.7 Å². The van der Waals surface area contributed by atoms with Crippen LogP contribution in [0.15, 0.2) is 0 Å². The largest absolute Gasteiger partial charge is 0.381 e. The Bertz CT molecular complexity index is 249. The lowest BCUT2D eigenvalue weighted by Gasteiger charge is -2.19. The van der Waals surface area contributed by atoms with Crippen molar-refractivity contribution in [3.63, 3.8) is 0 Å². The molecule has 0 aliphatic rings. The smallest absolute Gasteiger partial charge is 0.232 e. The van der Waals surface area contributed by atoms with Crippen LogP contribution in [0.3, 0.4) is 0 Å². The summed E-state index contributed by atoms with van der Waals surface area (Å²) >= 11 is 0. The highest BCUT2D eigenvalue weighted by molar-refractivity contribution is 8.13. The van der Waals surface area contributed by atoms with Gasteiger partial charge in [-0.15, -0.1) is 0 Å². The molecule has 0 heterocycles. The van der Waals surface area contributed by atoms with Gasteiger partial charge < -0.3 is 4.74 Å². The minimum absolute atomic E-state index is 0.00164. The van der Waals surface area contributed by atoms with Crippen molar-refractivity contribution < 1.29 is 13.2 Å². The zero-order chi connectivity index (χ0) is 11.9. The summed E-state index contributed by atoms with van der Waals surface area (Å²) in [4.78, 5) is 0. The summed E-state index contributed by atoms with van der Waals surface area (Å²) < 4.78 is 27.3. The van der Waals surface area contributed by atoms with Crippen LogP contribution in [0.25, 0.3) is 0 Å². The first-order valence-corrected chi connectivity index (χ1v) is 7.84. The average Bonchev–Trinajstić information content (AvgIpc) is 2.08. The molecular weight excluding hydrogens is 236 g/mol. The van der Waals surface area contributed by atoms with Crippen LogP contribution in [0, 0.1) is 11.8 Å². The van der Waals surface area contributed by atoms with Crippen LogP contribution in [0.4, 0.5) is 0 Å². The second kappa shape index (κ2) is 7.47. The van der Waals surface area contributed by atoms with E-state index in [2.05, 4.69) is 6.92 Å². The molecule has 0 aromatic heterocycles. The van der Waals surface area contributed by atoms with Gasteiger partial charge in [0, 0.05) is 17.3 Å². The predicted molar refractivity (Wildman–Crippen MR) is 63.7 cm³/mol. The fourth-order valence-corrected chi connectivity index (χ4v) is 2.65. The van der Waals surface area contributed by atoms with Crippen molar-refractivity contribution in [2.75, 3.05) is 19.0 Å². The Balaban J connectivity index is 3.95. The molecule has 0 aliphatic carbocycles. The van der Waals surface area contributed by atoms with Crippen molar-refractivity contribution in [2.45, 2.75) is 33.6 Å². The number of hydrogen-bond acceptors (Lipinski definition) is 3. The average molecular weight is 257 g/mol. The van der Waals surface area contributed by atoms with E-state index in [-0.39, 0.29) is 17.6 Å². The number of ether oxygens (including phenoxy) is 1. The van der Waals surface area contributed by atoms with Gasteiger partial charge in [0.05, 0.1) is 12.4 Å². The molecule has 1 unspecified atom stereocenters. The number of unbranched alkanes of at least 4 members (excludes halogenated alkanes) is 1. The van der Waals surface area contributed by atoms with E-state index >= 15 is 0 Å². The molecular formula is C10H21ClO3S. The molecule has 0 saturated heterocycles. The molecule has 0 aliphatic heterocycles. The number of hydrogen-bond donors (Lipinski definition) is 0. The molecule has 0 aromatic rings. The Morgan fingerprint density at radius 2 is 1.93 bits per heavy atom. The van der Waals surface area contributed by atoms with Crippen LogP contribution >= 0.6 is 10.7 Å². The van der Waals surface area contributed by atoms with Gasteiger partial charge in [-0.25, -0.2) is 8.42 Å². The second-order valence-electron chi connectivity index (χ2n) is 4.14. The monoisotopic (exact) mass is 256 g/mol. The molecule has 0 rings (SSSR count). The van der Waals surface area contributed by atoms with Gasteiger partial charge in [0.2, 0.25) is 9.05 Å². The summed E-state index contributed by atoms with van der Waals surface area (Å²) in [5, 5.41) is 0. The number of halogens is 1. The highest BCUT2D eigenvalue weighted by Crippen LogP contribution is 2.16. The molecule has 0 bridgehead atoms. The van der Waals surface area contributed by atoms with Crippen molar-refractivity contribution in [3.8, 4) is 0 Å². The summed E-state index contributed by atoms with van der Waals surface area (Å²) in [5.74, 6) is 0.253. The van der Waals surface area contributed by atoms with E-state index in [4.69, 9.17) is 15.4 Å². The molecule has 0 radical (unpaired) electrons. The fourth-order valence-electron chi connectivity index (χ4n) is 1.17. The van der Waals surface area contributed by atoms with Gasteiger partial charge in [-0.05, 0) is 18.3 Å². The SMILES string of the molecule is CCCCOCC(CS(=O)(=O)Cl)C(C)C. The van der Waals surface area contributed by atoms with E-state index in [1.165, 1.54) is 0 Å². The molecule has 1 atom stereocenters. The van der Waals surface area contributed by atoms with E-state index in [1.54, 1.807) is 0 Å². The summed E-state index contributed by atoms with van der Waals surface area (Å²) in [5.41, 5.74) is 0. The lowest BCUT2D eigenvalue weighted by atomic mass is 9.99. The van der Waals surface area contributed by atoms with Gasteiger partial charge in [0.15, 0.2) is 0 Å². The minimum atomic E-state index is -3.42. The lowest BCUT2D eigenvalue weighted by molar-refractivity contribution is 0.0889. The Morgan fingerprint density at radius 1 is 1.33 bits per heavy atom. The summed E-state index contributed by atoms with van der Waals surface area (Å²) in [6.07, 6.45) is 2.10. The third kappa shape index (κ3) is 9.15. The first kappa shape index (κ1) is 15.2. The molecule has 92 valence electrons. The second-order valence-corrected chi connectivity index (χ2v) is 6.96. The maximum Gasteiger partial charge on any atom is 0.232 e. The molecule has 0 aromatic carbocycles. The van der Waals surface area contributed by atoms with E-state index in [1.807, 2.05) is 13.8 Å². The molecule has 15 heavy (non-hydrogen) atoms. The summed E-state index contributed by atoms with van der Waals surface area (Å²) in [6, 6.07) is 0. The van der Waals surface area contributed by atoms with E-state index in [9.17, 15) is 8.42 Å². The maximum atomic E-state index is 10.9. The van der Waals surface area contributed by atoms with E-state index in [0.717, 1.165) is 12.8 Å². The molecule has 0 amide bonds. The van der Waals surface area contributed by atoms with Crippen molar-refractivity contribution in [1.82, 2.24) is 0 Å². The lowest BCUT2D eigenvalue weighted by Crippen LogP contribution is -2.23. The van der Waals surface area contributed by atoms with E-state index in [0.29, 0.717) is 13.2 Å². The van der Waals surface area contributed by atoms with Crippen molar-refractivity contribution in [1.29, 1.82) is 0 Å². The summed E-state index contributed by atoms with van der Waals surface area (Å²) in [6.45, 7) is 7.23. The van der Waals surface area contributed by atoms with Crippen LogP contribution in [0.2, 0.25) is 0 Å².